The van der Waals surface area contributed by atoms with Crippen molar-refractivity contribution in [3.05, 3.63) is 41.5 Å². The molecule has 0 bridgehead atoms. The minimum Gasteiger partial charge on any atom is -0.488 e. The van der Waals surface area contributed by atoms with Gasteiger partial charge < -0.3 is 14.5 Å². The first-order chi connectivity index (χ1) is 12.0. The van der Waals surface area contributed by atoms with Crippen LogP contribution in [0.3, 0.4) is 0 Å². The summed E-state index contributed by atoms with van der Waals surface area (Å²) >= 11 is 0. The summed E-state index contributed by atoms with van der Waals surface area (Å²) in [6.07, 6.45) is 2.97. The van der Waals surface area contributed by atoms with E-state index in [0.717, 1.165) is 42.3 Å². The first-order valence-corrected chi connectivity index (χ1v) is 8.54. The maximum absolute atomic E-state index is 12.4. The maximum atomic E-state index is 12.4. The molecule has 134 valence electrons. The third-order valence-electron chi connectivity index (χ3n) is 4.16. The molecular formula is C18H25N5O2. The van der Waals surface area contributed by atoms with Crippen LogP contribution in [0.15, 0.2) is 24.4 Å². The van der Waals surface area contributed by atoms with Crippen molar-refractivity contribution in [2.75, 3.05) is 27.2 Å². The summed E-state index contributed by atoms with van der Waals surface area (Å²) < 4.78 is 6.06. The zero-order valence-electron chi connectivity index (χ0n) is 15.0. The molecular weight excluding hydrogens is 318 g/mol. The smallest absolute Gasteiger partial charge is 0.228 e. The van der Waals surface area contributed by atoms with E-state index in [2.05, 4.69) is 20.1 Å². The second-order valence-electron chi connectivity index (χ2n) is 6.81. The summed E-state index contributed by atoms with van der Waals surface area (Å²) in [7, 11) is 4.02. The number of ether oxygens (including phenoxy) is 1. The van der Waals surface area contributed by atoms with Gasteiger partial charge in [-0.3, -0.25) is 14.9 Å². The van der Waals surface area contributed by atoms with Crippen LogP contribution in [0, 0.1) is 6.92 Å². The summed E-state index contributed by atoms with van der Waals surface area (Å²) in [5, 5.41) is 7.00. The number of carbonyl (C=O) groups is 1. The lowest BCUT2D eigenvalue weighted by Crippen LogP contribution is -2.32. The molecule has 0 aliphatic carbocycles. The largest absolute Gasteiger partial charge is 0.488 e. The molecule has 1 saturated heterocycles. The molecule has 7 heteroatoms. The van der Waals surface area contributed by atoms with Crippen molar-refractivity contribution in [1.29, 1.82) is 0 Å². The highest BCUT2D eigenvalue weighted by Gasteiger charge is 2.28. The van der Waals surface area contributed by atoms with E-state index in [1.807, 2.05) is 44.1 Å². The summed E-state index contributed by atoms with van der Waals surface area (Å²) in [5.41, 5.74) is 2.73. The summed E-state index contributed by atoms with van der Waals surface area (Å²) in [6, 6.07) is 5.75. The molecule has 3 rings (SSSR count). The Morgan fingerprint density at radius 3 is 2.96 bits per heavy atom. The molecule has 2 aromatic heterocycles. The predicted octanol–water partition coefficient (Wildman–Crippen LogP) is 1.40. The van der Waals surface area contributed by atoms with E-state index in [9.17, 15) is 4.79 Å². The van der Waals surface area contributed by atoms with E-state index < -0.39 is 0 Å². The number of hydrogen-bond donors (Lipinski definition) is 1. The standard InChI is InChI=1S/C18H25N5O2/c1-13-8-14(21-20-13)10-18(24)23-7-5-17(12-23)25-16-4-6-19-15(9-16)11-22(2)3/h4,6,8-9,17H,5,7,10-12H2,1-3H3,(H,20,21). The molecule has 1 N–H and O–H groups in total. The van der Waals surface area contributed by atoms with E-state index >= 15 is 0 Å². The summed E-state index contributed by atoms with van der Waals surface area (Å²) in [4.78, 5) is 20.7. The number of carbonyl (C=O) groups excluding carboxylic acids is 1. The third-order valence-corrected chi connectivity index (χ3v) is 4.16. The van der Waals surface area contributed by atoms with E-state index in [0.29, 0.717) is 13.0 Å². The lowest BCUT2D eigenvalue weighted by atomic mass is 10.2. The van der Waals surface area contributed by atoms with Crippen molar-refractivity contribution in [2.45, 2.75) is 32.4 Å². The van der Waals surface area contributed by atoms with Gasteiger partial charge in [0, 0.05) is 37.5 Å². The number of nitrogens with zero attached hydrogens (tertiary/aromatic N) is 4. The first-order valence-electron chi connectivity index (χ1n) is 8.54. The number of aryl methyl sites for hydroxylation is 1. The van der Waals surface area contributed by atoms with Gasteiger partial charge in [-0.25, -0.2) is 0 Å². The Bertz CT molecular complexity index is 728. The number of aromatic amines is 1. The van der Waals surface area contributed by atoms with Gasteiger partial charge in [0.2, 0.25) is 5.91 Å². The molecule has 3 heterocycles. The lowest BCUT2D eigenvalue weighted by Gasteiger charge is -2.17. The van der Waals surface area contributed by atoms with Crippen molar-refractivity contribution >= 4 is 5.91 Å². The van der Waals surface area contributed by atoms with Gasteiger partial charge in [-0.2, -0.15) is 5.10 Å². The van der Waals surface area contributed by atoms with Crippen molar-refractivity contribution in [3.8, 4) is 5.75 Å². The fourth-order valence-corrected chi connectivity index (χ4v) is 3.01. The Kier molecular flexibility index (Phi) is 5.33. The molecule has 7 nitrogen and oxygen atoms in total. The molecule has 1 amide bonds. The van der Waals surface area contributed by atoms with Gasteiger partial charge in [0.1, 0.15) is 11.9 Å². The van der Waals surface area contributed by atoms with Crippen LogP contribution in [0.4, 0.5) is 0 Å². The van der Waals surface area contributed by atoms with Crippen LogP contribution < -0.4 is 4.74 Å². The Hall–Kier alpha value is -2.41. The molecule has 0 radical (unpaired) electrons. The SMILES string of the molecule is Cc1cc(CC(=O)N2CCC(Oc3ccnc(CN(C)C)c3)C2)n[nH]1. The molecule has 0 spiro atoms. The van der Waals surface area contributed by atoms with Crippen LogP contribution in [-0.4, -0.2) is 64.2 Å². The Balaban J connectivity index is 1.53. The van der Waals surface area contributed by atoms with E-state index in [-0.39, 0.29) is 12.0 Å². The minimum atomic E-state index is 0.0273. The molecule has 0 aromatic carbocycles. The van der Waals surface area contributed by atoms with Crippen LogP contribution in [0.25, 0.3) is 0 Å². The maximum Gasteiger partial charge on any atom is 0.228 e. The molecule has 1 atom stereocenters. The monoisotopic (exact) mass is 343 g/mol. The van der Waals surface area contributed by atoms with Gasteiger partial charge in [-0.05, 0) is 33.2 Å². The zero-order valence-corrected chi connectivity index (χ0v) is 15.0. The van der Waals surface area contributed by atoms with Crippen LogP contribution in [0.5, 0.6) is 5.75 Å². The average molecular weight is 343 g/mol. The van der Waals surface area contributed by atoms with Crippen LogP contribution in [0.1, 0.15) is 23.5 Å². The van der Waals surface area contributed by atoms with Crippen molar-refractivity contribution < 1.29 is 9.53 Å². The number of amides is 1. The zero-order chi connectivity index (χ0) is 17.8. The number of nitrogens with one attached hydrogen (secondary N) is 1. The molecule has 2 aromatic rings. The molecule has 0 saturated carbocycles. The highest BCUT2D eigenvalue weighted by Crippen LogP contribution is 2.20. The fourth-order valence-electron chi connectivity index (χ4n) is 3.01. The van der Waals surface area contributed by atoms with Gasteiger partial charge in [0.25, 0.3) is 0 Å². The van der Waals surface area contributed by atoms with E-state index in [1.54, 1.807) is 6.20 Å². The molecule has 1 unspecified atom stereocenters. The predicted molar refractivity (Wildman–Crippen MR) is 94.3 cm³/mol. The highest BCUT2D eigenvalue weighted by atomic mass is 16.5. The van der Waals surface area contributed by atoms with Gasteiger partial charge in [0.15, 0.2) is 0 Å². The van der Waals surface area contributed by atoms with Crippen molar-refractivity contribution in [3.63, 3.8) is 0 Å². The topological polar surface area (TPSA) is 74.4 Å². The van der Waals surface area contributed by atoms with Crippen LogP contribution >= 0.6 is 0 Å². The molecule has 25 heavy (non-hydrogen) atoms. The number of aromatic nitrogens is 3. The average Bonchev–Trinajstić information content (AvgIpc) is 3.16. The number of pyridine rings is 1. The Morgan fingerprint density at radius 2 is 2.24 bits per heavy atom. The minimum absolute atomic E-state index is 0.0273. The highest BCUT2D eigenvalue weighted by molar-refractivity contribution is 5.78. The van der Waals surface area contributed by atoms with Gasteiger partial charge in [-0.1, -0.05) is 0 Å². The summed E-state index contributed by atoms with van der Waals surface area (Å²) in [5.74, 6) is 0.912. The fraction of sp³-hybridized carbons (Fsp3) is 0.500. The second-order valence-corrected chi connectivity index (χ2v) is 6.81. The number of likely N-dealkylation sites (tertiary alicyclic amines) is 1. The molecule has 1 aliphatic rings. The lowest BCUT2D eigenvalue weighted by molar-refractivity contribution is -0.129. The van der Waals surface area contributed by atoms with E-state index in [4.69, 9.17) is 4.74 Å². The normalized spacial score (nSPS) is 17.3. The first kappa shape index (κ1) is 17.4. The number of hydrogen-bond acceptors (Lipinski definition) is 5. The van der Waals surface area contributed by atoms with Crippen molar-refractivity contribution in [1.82, 2.24) is 25.0 Å². The van der Waals surface area contributed by atoms with E-state index in [1.165, 1.54) is 0 Å². The second kappa shape index (κ2) is 7.65. The number of rotatable bonds is 6. The van der Waals surface area contributed by atoms with Crippen LogP contribution in [-0.2, 0) is 17.8 Å². The van der Waals surface area contributed by atoms with Gasteiger partial charge in [-0.15, -0.1) is 0 Å². The van der Waals surface area contributed by atoms with Gasteiger partial charge >= 0.3 is 0 Å². The number of H-pyrrole nitrogens is 1. The van der Waals surface area contributed by atoms with Crippen molar-refractivity contribution in [2.24, 2.45) is 0 Å². The summed E-state index contributed by atoms with van der Waals surface area (Å²) in [6.45, 7) is 4.05. The molecule has 1 fully saturated rings. The third kappa shape index (κ3) is 4.79. The molecule has 1 aliphatic heterocycles. The van der Waals surface area contributed by atoms with Crippen LogP contribution in [0.2, 0.25) is 0 Å². The quantitative estimate of drug-likeness (QED) is 0.858. The Morgan fingerprint density at radius 1 is 1.40 bits per heavy atom. The van der Waals surface area contributed by atoms with Gasteiger partial charge in [0.05, 0.1) is 24.4 Å². The Labute approximate surface area is 148 Å².